The van der Waals surface area contributed by atoms with Gasteiger partial charge in [-0.3, -0.25) is 9.89 Å². The van der Waals surface area contributed by atoms with Crippen LogP contribution in [0.5, 0.6) is 0 Å². The molecular formula is C14H10N3O. The molecule has 0 saturated carbocycles. The molecule has 1 heterocycles. The summed E-state index contributed by atoms with van der Waals surface area (Å²) in [5, 5.41) is 8.09. The van der Waals surface area contributed by atoms with Crippen molar-refractivity contribution in [3.63, 3.8) is 0 Å². The van der Waals surface area contributed by atoms with E-state index >= 15 is 0 Å². The second-order valence-corrected chi connectivity index (χ2v) is 3.99. The fourth-order valence-electron chi connectivity index (χ4n) is 1.93. The molecule has 4 nitrogen and oxygen atoms in total. The highest BCUT2D eigenvalue weighted by atomic mass is 16.1. The monoisotopic (exact) mass is 236 g/mol. The van der Waals surface area contributed by atoms with Crippen molar-refractivity contribution in [1.82, 2.24) is 10.2 Å². The number of fused-ring (bicyclic) bond motifs is 1. The maximum atomic E-state index is 11.2. The molecule has 1 radical (unpaired) electrons. The number of amides is 1. The highest BCUT2D eigenvalue weighted by molar-refractivity contribution is 6.00. The van der Waals surface area contributed by atoms with Gasteiger partial charge in [0.25, 0.3) is 0 Å². The predicted molar refractivity (Wildman–Crippen MR) is 68.9 cm³/mol. The van der Waals surface area contributed by atoms with E-state index < -0.39 is 5.91 Å². The van der Waals surface area contributed by atoms with Gasteiger partial charge in [0.1, 0.15) is 0 Å². The number of nitrogens with one attached hydrogen (secondary N) is 1. The number of hydrogen-bond acceptors (Lipinski definition) is 2. The molecular weight excluding hydrogens is 226 g/mol. The lowest BCUT2D eigenvalue weighted by Crippen LogP contribution is -2.10. The van der Waals surface area contributed by atoms with Crippen molar-refractivity contribution >= 4 is 16.8 Å². The zero-order valence-corrected chi connectivity index (χ0v) is 9.47. The molecule has 0 atom stereocenters. The second kappa shape index (κ2) is 4.00. The first-order valence-corrected chi connectivity index (χ1v) is 5.50. The minimum atomic E-state index is -0.441. The Labute approximate surface area is 103 Å². The normalized spacial score (nSPS) is 10.7. The van der Waals surface area contributed by atoms with E-state index in [0.717, 1.165) is 22.2 Å². The molecule has 3 aromatic rings. The Bertz CT molecular complexity index is 716. The maximum Gasteiger partial charge on any atom is 0.248 e. The van der Waals surface area contributed by atoms with Crippen LogP contribution in [0.25, 0.3) is 22.2 Å². The molecule has 0 aliphatic rings. The number of hydrogen-bond donors (Lipinski definition) is 2. The van der Waals surface area contributed by atoms with Crippen LogP contribution in [0.2, 0.25) is 0 Å². The topological polar surface area (TPSA) is 71.8 Å². The first kappa shape index (κ1) is 10.5. The lowest BCUT2D eigenvalue weighted by atomic mass is 10.1. The molecule has 0 saturated heterocycles. The Kier molecular flexibility index (Phi) is 2.34. The number of nitrogens with two attached hydrogens (primary N) is 1. The van der Waals surface area contributed by atoms with E-state index in [9.17, 15) is 4.79 Å². The quantitative estimate of drug-likeness (QED) is 0.715. The average molecular weight is 236 g/mol. The Morgan fingerprint density at radius 3 is 2.94 bits per heavy atom. The summed E-state index contributed by atoms with van der Waals surface area (Å²) >= 11 is 0. The highest BCUT2D eigenvalue weighted by Crippen LogP contribution is 2.26. The van der Waals surface area contributed by atoms with Gasteiger partial charge in [-0.2, -0.15) is 5.10 Å². The summed E-state index contributed by atoms with van der Waals surface area (Å²) in [6, 6.07) is 15.8. The van der Waals surface area contributed by atoms with E-state index in [1.807, 2.05) is 24.3 Å². The SMILES string of the molecule is NC(=O)c1ccc2[nH]nc(-c3c[c]ccc3)c2c1. The highest BCUT2D eigenvalue weighted by Gasteiger charge is 2.10. The van der Waals surface area contributed by atoms with Crippen LogP contribution in [0.1, 0.15) is 10.4 Å². The third kappa shape index (κ3) is 1.64. The predicted octanol–water partition coefficient (Wildman–Crippen LogP) is 2.13. The maximum absolute atomic E-state index is 11.2. The van der Waals surface area contributed by atoms with Crippen LogP contribution in [0.15, 0.2) is 42.5 Å². The minimum Gasteiger partial charge on any atom is -0.366 e. The number of carbonyl (C=O) groups excluding carboxylic acids is 1. The fraction of sp³-hybridized carbons (Fsp3) is 0. The van der Waals surface area contributed by atoms with Gasteiger partial charge in [-0.25, -0.2) is 0 Å². The molecule has 4 heteroatoms. The fourth-order valence-corrected chi connectivity index (χ4v) is 1.93. The van der Waals surface area contributed by atoms with E-state index in [0.29, 0.717) is 5.56 Å². The van der Waals surface area contributed by atoms with Gasteiger partial charge in [-0.05, 0) is 30.3 Å². The van der Waals surface area contributed by atoms with Crippen molar-refractivity contribution in [2.24, 2.45) is 5.73 Å². The van der Waals surface area contributed by atoms with Crippen molar-refractivity contribution in [3.05, 3.63) is 54.1 Å². The smallest absolute Gasteiger partial charge is 0.248 e. The second-order valence-electron chi connectivity index (χ2n) is 3.99. The van der Waals surface area contributed by atoms with Crippen LogP contribution in [0.3, 0.4) is 0 Å². The molecule has 1 amide bonds. The number of carbonyl (C=O) groups is 1. The Balaban J connectivity index is 2.24. The first-order chi connectivity index (χ1) is 8.75. The lowest BCUT2D eigenvalue weighted by Gasteiger charge is -1.98. The van der Waals surface area contributed by atoms with Crippen molar-refractivity contribution in [1.29, 1.82) is 0 Å². The molecule has 0 unspecified atom stereocenters. The van der Waals surface area contributed by atoms with Gasteiger partial charge >= 0.3 is 0 Å². The molecule has 0 spiro atoms. The lowest BCUT2D eigenvalue weighted by molar-refractivity contribution is 0.100. The van der Waals surface area contributed by atoms with Gasteiger partial charge in [0.05, 0.1) is 11.2 Å². The molecule has 1 aromatic heterocycles. The number of nitrogens with zero attached hydrogens (tertiary/aromatic N) is 1. The molecule has 3 N–H and O–H groups in total. The molecule has 0 fully saturated rings. The van der Waals surface area contributed by atoms with Crippen molar-refractivity contribution in [2.45, 2.75) is 0 Å². The van der Waals surface area contributed by atoms with Crippen molar-refractivity contribution in [3.8, 4) is 11.3 Å². The van der Waals surface area contributed by atoms with Crippen LogP contribution in [-0.4, -0.2) is 16.1 Å². The standard InChI is InChI=1S/C14H10N3O/c15-14(18)10-6-7-12-11(8-10)13(17-16-12)9-4-2-1-3-5-9/h1-2,4-8H,(H2,15,18)(H,16,17). The van der Waals surface area contributed by atoms with Crippen LogP contribution in [0.4, 0.5) is 0 Å². The van der Waals surface area contributed by atoms with E-state index in [-0.39, 0.29) is 0 Å². The van der Waals surface area contributed by atoms with Gasteiger partial charge in [0.15, 0.2) is 0 Å². The number of benzene rings is 2. The van der Waals surface area contributed by atoms with Crippen molar-refractivity contribution in [2.75, 3.05) is 0 Å². The molecule has 18 heavy (non-hydrogen) atoms. The third-order valence-electron chi connectivity index (χ3n) is 2.83. The summed E-state index contributed by atoms with van der Waals surface area (Å²) in [5.74, 6) is -0.441. The van der Waals surface area contributed by atoms with E-state index in [4.69, 9.17) is 5.73 Å². The van der Waals surface area contributed by atoms with Crippen LogP contribution < -0.4 is 5.73 Å². The number of H-pyrrole nitrogens is 1. The Morgan fingerprint density at radius 2 is 2.22 bits per heavy atom. The third-order valence-corrected chi connectivity index (χ3v) is 2.83. The summed E-state index contributed by atoms with van der Waals surface area (Å²) < 4.78 is 0. The van der Waals surface area contributed by atoms with Crippen LogP contribution >= 0.6 is 0 Å². The number of rotatable bonds is 2. The molecule has 0 bridgehead atoms. The Hall–Kier alpha value is -2.62. The zero-order valence-electron chi connectivity index (χ0n) is 9.47. The molecule has 87 valence electrons. The van der Waals surface area contributed by atoms with E-state index in [1.54, 1.807) is 18.2 Å². The summed E-state index contributed by atoms with van der Waals surface area (Å²) in [6.45, 7) is 0. The van der Waals surface area contributed by atoms with Crippen molar-refractivity contribution < 1.29 is 4.79 Å². The van der Waals surface area contributed by atoms with Gasteiger partial charge in [0.2, 0.25) is 5.91 Å². The zero-order chi connectivity index (χ0) is 12.5. The van der Waals surface area contributed by atoms with Gasteiger partial charge in [-0.1, -0.05) is 18.2 Å². The first-order valence-electron chi connectivity index (χ1n) is 5.50. The number of aromatic nitrogens is 2. The number of primary amides is 1. The summed E-state index contributed by atoms with van der Waals surface area (Å²) in [4.78, 5) is 11.2. The van der Waals surface area contributed by atoms with E-state index in [1.165, 1.54) is 0 Å². The van der Waals surface area contributed by atoms with Crippen LogP contribution in [-0.2, 0) is 0 Å². The van der Waals surface area contributed by atoms with Gasteiger partial charge in [-0.15, -0.1) is 0 Å². The van der Waals surface area contributed by atoms with Crippen LogP contribution in [0, 0.1) is 6.07 Å². The van der Waals surface area contributed by atoms with Gasteiger partial charge < -0.3 is 5.73 Å². The minimum absolute atomic E-state index is 0.441. The Morgan fingerprint density at radius 1 is 1.33 bits per heavy atom. The largest absolute Gasteiger partial charge is 0.366 e. The summed E-state index contributed by atoms with van der Waals surface area (Å²) in [5.41, 5.74) is 8.38. The average Bonchev–Trinajstić information content (AvgIpc) is 2.82. The summed E-state index contributed by atoms with van der Waals surface area (Å²) in [7, 11) is 0. The number of aromatic amines is 1. The van der Waals surface area contributed by atoms with E-state index in [2.05, 4.69) is 16.3 Å². The molecule has 2 aromatic carbocycles. The molecule has 0 aliphatic carbocycles. The molecule has 3 rings (SSSR count). The molecule has 0 aliphatic heterocycles. The summed E-state index contributed by atoms with van der Waals surface area (Å²) in [6.07, 6.45) is 0. The van der Waals surface area contributed by atoms with Gasteiger partial charge in [0, 0.05) is 16.5 Å².